The third-order valence-corrected chi connectivity index (χ3v) is 5.37. The lowest BCUT2D eigenvalue weighted by atomic mass is 9.70. The van der Waals surface area contributed by atoms with Crippen LogP contribution in [0.5, 0.6) is 5.75 Å². The second kappa shape index (κ2) is 7.63. The van der Waals surface area contributed by atoms with Gasteiger partial charge in [-0.1, -0.05) is 87.5 Å². The Labute approximate surface area is 168 Å². The van der Waals surface area contributed by atoms with E-state index in [0.29, 0.717) is 5.75 Å². The molecule has 144 valence electrons. The normalized spacial score (nSPS) is 13.6. The van der Waals surface area contributed by atoms with Gasteiger partial charge in [-0.2, -0.15) is 0 Å². The quantitative estimate of drug-likeness (QED) is 0.307. The van der Waals surface area contributed by atoms with Crippen LogP contribution in [0.4, 0.5) is 0 Å². The van der Waals surface area contributed by atoms with Gasteiger partial charge in [0.15, 0.2) is 0 Å². The van der Waals surface area contributed by atoms with Gasteiger partial charge in [0.25, 0.3) is 0 Å². The molecular formula is C26H28O2. The van der Waals surface area contributed by atoms with E-state index in [1.54, 1.807) is 0 Å². The van der Waals surface area contributed by atoms with Crippen molar-refractivity contribution in [1.82, 2.24) is 0 Å². The SMILES string of the molecule is CC(=O)Oc1ccc(C(C)(c2ccccc2)c2ccc(C(C)(C)C)cc2)cc1. The molecular weight excluding hydrogens is 344 g/mol. The zero-order chi connectivity index (χ0) is 20.4. The highest BCUT2D eigenvalue weighted by Gasteiger charge is 2.31. The third kappa shape index (κ3) is 4.01. The highest BCUT2D eigenvalue weighted by atomic mass is 16.5. The molecule has 0 saturated carbocycles. The van der Waals surface area contributed by atoms with Crippen molar-refractivity contribution in [2.45, 2.75) is 45.4 Å². The van der Waals surface area contributed by atoms with E-state index in [0.717, 1.165) is 5.56 Å². The van der Waals surface area contributed by atoms with Gasteiger partial charge in [0.05, 0.1) is 0 Å². The Balaban J connectivity index is 2.10. The van der Waals surface area contributed by atoms with Gasteiger partial charge >= 0.3 is 5.97 Å². The van der Waals surface area contributed by atoms with Gasteiger partial charge < -0.3 is 4.74 Å². The Bertz CT molecular complexity index is 932. The van der Waals surface area contributed by atoms with Crippen molar-refractivity contribution in [1.29, 1.82) is 0 Å². The lowest BCUT2D eigenvalue weighted by molar-refractivity contribution is -0.131. The maximum Gasteiger partial charge on any atom is 0.308 e. The molecule has 0 amide bonds. The number of ether oxygens (including phenoxy) is 1. The lowest BCUT2D eigenvalue weighted by Crippen LogP contribution is -2.25. The lowest BCUT2D eigenvalue weighted by Gasteiger charge is -2.32. The van der Waals surface area contributed by atoms with Crippen LogP contribution in [-0.4, -0.2) is 5.97 Å². The van der Waals surface area contributed by atoms with E-state index in [-0.39, 0.29) is 16.8 Å². The summed E-state index contributed by atoms with van der Waals surface area (Å²) < 4.78 is 5.21. The molecule has 0 heterocycles. The standard InChI is InChI=1S/C26H28O2/c1-19(27)28-24-17-15-23(16-18-24)26(5,21-9-7-6-8-10-21)22-13-11-20(12-14-22)25(2,3)4/h6-18H,1-5H3. The topological polar surface area (TPSA) is 26.3 Å². The maximum absolute atomic E-state index is 11.2. The van der Waals surface area contributed by atoms with Crippen LogP contribution in [-0.2, 0) is 15.6 Å². The number of carbonyl (C=O) groups is 1. The zero-order valence-corrected chi connectivity index (χ0v) is 17.3. The molecule has 2 heteroatoms. The number of rotatable bonds is 4. The molecule has 0 aliphatic rings. The largest absolute Gasteiger partial charge is 0.427 e. The summed E-state index contributed by atoms with van der Waals surface area (Å²) >= 11 is 0. The second-order valence-electron chi connectivity index (χ2n) is 8.44. The molecule has 0 fully saturated rings. The average Bonchev–Trinajstić information content (AvgIpc) is 2.67. The van der Waals surface area contributed by atoms with Gasteiger partial charge in [-0.3, -0.25) is 4.79 Å². The van der Waals surface area contributed by atoms with Crippen LogP contribution in [0.1, 0.15) is 56.9 Å². The summed E-state index contributed by atoms with van der Waals surface area (Å²) in [5.41, 5.74) is 4.72. The fraction of sp³-hybridized carbons (Fsp3) is 0.269. The highest BCUT2D eigenvalue weighted by molar-refractivity contribution is 5.69. The molecule has 28 heavy (non-hydrogen) atoms. The Morgan fingerprint density at radius 2 is 1.07 bits per heavy atom. The molecule has 1 atom stereocenters. The van der Waals surface area contributed by atoms with Gasteiger partial charge in [0, 0.05) is 12.3 Å². The van der Waals surface area contributed by atoms with E-state index in [2.05, 4.69) is 76.2 Å². The summed E-state index contributed by atoms with van der Waals surface area (Å²) in [6.07, 6.45) is 0. The molecule has 0 radical (unpaired) electrons. The Kier molecular flexibility index (Phi) is 5.42. The van der Waals surface area contributed by atoms with Gasteiger partial charge in [0.2, 0.25) is 0 Å². The summed E-state index contributed by atoms with van der Waals surface area (Å²) in [5, 5.41) is 0. The summed E-state index contributed by atoms with van der Waals surface area (Å²) in [5.74, 6) is 0.256. The molecule has 0 aliphatic heterocycles. The average molecular weight is 373 g/mol. The first-order valence-corrected chi connectivity index (χ1v) is 9.67. The second-order valence-corrected chi connectivity index (χ2v) is 8.44. The summed E-state index contributed by atoms with van der Waals surface area (Å²) in [6.45, 7) is 10.3. The van der Waals surface area contributed by atoms with Gasteiger partial charge in [0.1, 0.15) is 5.75 Å². The van der Waals surface area contributed by atoms with Gasteiger partial charge in [-0.15, -0.1) is 0 Å². The predicted octanol–water partition coefficient (Wildman–Crippen LogP) is 6.26. The van der Waals surface area contributed by atoms with Crippen LogP contribution in [0.2, 0.25) is 0 Å². The molecule has 3 aromatic carbocycles. The molecule has 1 unspecified atom stereocenters. The van der Waals surface area contributed by atoms with Crippen molar-refractivity contribution in [2.24, 2.45) is 0 Å². The smallest absolute Gasteiger partial charge is 0.308 e. The van der Waals surface area contributed by atoms with Crippen LogP contribution in [0.15, 0.2) is 78.9 Å². The van der Waals surface area contributed by atoms with E-state index in [4.69, 9.17) is 4.74 Å². The number of hydrogen-bond donors (Lipinski definition) is 0. The molecule has 0 spiro atoms. The van der Waals surface area contributed by atoms with Crippen LogP contribution < -0.4 is 4.74 Å². The van der Waals surface area contributed by atoms with E-state index >= 15 is 0 Å². The fourth-order valence-electron chi connectivity index (χ4n) is 3.60. The maximum atomic E-state index is 11.2. The Morgan fingerprint density at radius 3 is 1.54 bits per heavy atom. The molecule has 0 N–H and O–H groups in total. The van der Waals surface area contributed by atoms with Crippen molar-refractivity contribution >= 4 is 5.97 Å². The first-order valence-electron chi connectivity index (χ1n) is 9.67. The minimum atomic E-state index is -0.313. The van der Waals surface area contributed by atoms with E-state index in [1.807, 2.05) is 30.3 Å². The fourth-order valence-corrected chi connectivity index (χ4v) is 3.60. The van der Waals surface area contributed by atoms with Crippen LogP contribution in [0.25, 0.3) is 0 Å². The minimum absolute atomic E-state index is 0.118. The van der Waals surface area contributed by atoms with Crippen molar-refractivity contribution in [2.75, 3.05) is 0 Å². The minimum Gasteiger partial charge on any atom is -0.427 e. The number of carbonyl (C=O) groups excluding carboxylic acids is 1. The third-order valence-electron chi connectivity index (χ3n) is 5.37. The molecule has 0 aromatic heterocycles. The van der Waals surface area contributed by atoms with Gasteiger partial charge in [-0.25, -0.2) is 0 Å². The molecule has 3 rings (SSSR count). The summed E-state index contributed by atoms with van der Waals surface area (Å²) in [7, 11) is 0. The Morgan fingerprint density at radius 1 is 0.643 bits per heavy atom. The highest BCUT2D eigenvalue weighted by Crippen LogP contribution is 2.40. The molecule has 0 saturated heterocycles. The van der Waals surface area contributed by atoms with Crippen molar-refractivity contribution in [3.63, 3.8) is 0 Å². The first kappa shape index (κ1) is 19.9. The van der Waals surface area contributed by atoms with Crippen molar-refractivity contribution in [3.05, 3.63) is 101 Å². The van der Waals surface area contributed by atoms with Gasteiger partial charge in [-0.05, 0) is 46.7 Å². The number of benzene rings is 3. The van der Waals surface area contributed by atoms with Crippen molar-refractivity contribution in [3.8, 4) is 5.75 Å². The van der Waals surface area contributed by atoms with Crippen LogP contribution in [0, 0.1) is 0 Å². The summed E-state index contributed by atoms with van der Waals surface area (Å²) in [4.78, 5) is 11.2. The first-order chi connectivity index (χ1) is 13.2. The van der Waals surface area contributed by atoms with E-state index in [9.17, 15) is 4.79 Å². The number of hydrogen-bond acceptors (Lipinski definition) is 2. The number of esters is 1. The van der Waals surface area contributed by atoms with E-state index < -0.39 is 0 Å². The predicted molar refractivity (Wildman–Crippen MR) is 115 cm³/mol. The molecule has 0 bridgehead atoms. The zero-order valence-electron chi connectivity index (χ0n) is 17.3. The van der Waals surface area contributed by atoms with Crippen LogP contribution in [0.3, 0.4) is 0 Å². The Hall–Kier alpha value is -2.87. The molecule has 0 aliphatic carbocycles. The monoisotopic (exact) mass is 372 g/mol. The molecule has 2 nitrogen and oxygen atoms in total. The summed E-state index contributed by atoms with van der Waals surface area (Å²) in [6, 6.07) is 27.2. The molecule has 3 aromatic rings. The van der Waals surface area contributed by atoms with Crippen LogP contribution >= 0.6 is 0 Å². The van der Waals surface area contributed by atoms with Crippen molar-refractivity contribution < 1.29 is 9.53 Å². The van der Waals surface area contributed by atoms with E-state index in [1.165, 1.54) is 23.6 Å².